The van der Waals surface area contributed by atoms with Gasteiger partial charge in [0.05, 0.1) is 5.56 Å². The van der Waals surface area contributed by atoms with Crippen LogP contribution in [0.1, 0.15) is 41.5 Å². The molecule has 0 amide bonds. The highest BCUT2D eigenvalue weighted by molar-refractivity contribution is 5.46. The first kappa shape index (κ1) is 16.5. The molecule has 24 heavy (non-hydrogen) atoms. The van der Waals surface area contributed by atoms with Crippen LogP contribution in [0.3, 0.4) is 0 Å². The Morgan fingerprint density at radius 1 is 1.12 bits per heavy atom. The van der Waals surface area contributed by atoms with Gasteiger partial charge >= 0.3 is 0 Å². The van der Waals surface area contributed by atoms with Crippen LogP contribution in [0, 0.1) is 29.4 Å². The van der Waals surface area contributed by atoms with Gasteiger partial charge in [-0.3, -0.25) is 0 Å². The lowest BCUT2D eigenvalue weighted by Crippen LogP contribution is -2.14. The van der Waals surface area contributed by atoms with Crippen molar-refractivity contribution in [2.75, 3.05) is 0 Å². The zero-order chi connectivity index (χ0) is 16.9. The quantitative estimate of drug-likeness (QED) is 0.522. The highest BCUT2D eigenvalue weighted by Crippen LogP contribution is 2.29. The van der Waals surface area contributed by atoms with Crippen molar-refractivity contribution in [2.45, 2.75) is 32.1 Å². The Bertz CT molecular complexity index is 808. The third-order valence-corrected chi connectivity index (χ3v) is 4.61. The fourth-order valence-corrected chi connectivity index (χ4v) is 3.25. The summed E-state index contributed by atoms with van der Waals surface area (Å²) in [6.45, 7) is 3.79. The van der Waals surface area contributed by atoms with E-state index >= 15 is 0 Å². The van der Waals surface area contributed by atoms with Crippen molar-refractivity contribution in [3.8, 4) is 11.8 Å². The van der Waals surface area contributed by atoms with E-state index in [-0.39, 0.29) is 5.56 Å². The van der Waals surface area contributed by atoms with Gasteiger partial charge in [-0.15, -0.1) is 6.58 Å². The van der Waals surface area contributed by atoms with Crippen molar-refractivity contribution < 1.29 is 8.78 Å². The highest BCUT2D eigenvalue weighted by Gasteiger charge is 2.18. The lowest BCUT2D eigenvalue weighted by molar-refractivity contribution is 0.430. The number of hydrogen-bond acceptors (Lipinski definition) is 0. The van der Waals surface area contributed by atoms with Crippen molar-refractivity contribution in [2.24, 2.45) is 5.92 Å². The van der Waals surface area contributed by atoms with E-state index in [1.807, 2.05) is 12.1 Å². The van der Waals surface area contributed by atoms with E-state index in [2.05, 4.69) is 30.6 Å². The number of fused-ring (bicyclic) bond motifs is 1. The van der Waals surface area contributed by atoms with Crippen molar-refractivity contribution in [1.29, 1.82) is 0 Å². The normalized spacial score (nSPS) is 16.0. The predicted octanol–water partition coefficient (Wildman–Crippen LogP) is 5.44. The van der Waals surface area contributed by atoms with E-state index in [4.69, 9.17) is 0 Å². The van der Waals surface area contributed by atoms with Gasteiger partial charge in [0.2, 0.25) is 0 Å². The topological polar surface area (TPSA) is 0 Å². The van der Waals surface area contributed by atoms with Crippen LogP contribution in [-0.4, -0.2) is 0 Å². The molecule has 0 nitrogen and oxygen atoms in total. The number of hydrogen-bond donors (Lipinski definition) is 0. The first-order valence-electron chi connectivity index (χ1n) is 8.36. The number of halogens is 2. The molecule has 3 rings (SSSR count). The van der Waals surface area contributed by atoms with Gasteiger partial charge in [-0.1, -0.05) is 30.0 Å². The molecule has 0 saturated carbocycles. The fourth-order valence-electron chi connectivity index (χ4n) is 3.25. The molecule has 122 valence electrons. The van der Waals surface area contributed by atoms with Crippen LogP contribution in [0.5, 0.6) is 0 Å². The van der Waals surface area contributed by atoms with Gasteiger partial charge in [-0.25, -0.2) is 8.78 Å². The Labute approximate surface area is 142 Å². The Morgan fingerprint density at radius 3 is 2.83 bits per heavy atom. The van der Waals surface area contributed by atoms with E-state index in [0.29, 0.717) is 0 Å². The second-order valence-corrected chi connectivity index (χ2v) is 6.31. The lowest BCUT2D eigenvalue weighted by Gasteiger charge is -2.24. The maximum absolute atomic E-state index is 13.6. The molecule has 0 N–H and O–H groups in total. The molecule has 1 unspecified atom stereocenters. The van der Waals surface area contributed by atoms with Gasteiger partial charge in [0, 0.05) is 5.56 Å². The largest absolute Gasteiger partial charge is 0.204 e. The summed E-state index contributed by atoms with van der Waals surface area (Å²) in [4.78, 5) is 0. The summed E-state index contributed by atoms with van der Waals surface area (Å²) in [5.41, 5.74) is 3.66. The summed E-state index contributed by atoms with van der Waals surface area (Å²) in [5.74, 6) is 4.68. The molecular formula is C22H20F2. The number of rotatable bonds is 3. The minimum atomic E-state index is -0.881. The van der Waals surface area contributed by atoms with Gasteiger partial charge in [0.15, 0.2) is 11.6 Å². The maximum Gasteiger partial charge on any atom is 0.174 e. The van der Waals surface area contributed by atoms with Crippen LogP contribution in [0.2, 0.25) is 0 Å². The Balaban J connectivity index is 1.77. The number of benzene rings is 2. The lowest BCUT2D eigenvalue weighted by atomic mass is 9.81. The summed E-state index contributed by atoms with van der Waals surface area (Å²) in [5, 5.41) is 0. The fraction of sp³-hybridized carbons (Fsp3) is 0.273. The average Bonchev–Trinajstić information content (AvgIpc) is 2.61. The third-order valence-electron chi connectivity index (χ3n) is 4.61. The highest BCUT2D eigenvalue weighted by atomic mass is 19.2. The minimum Gasteiger partial charge on any atom is -0.204 e. The summed E-state index contributed by atoms with van der Waals surface area (Å²) in [7, 11) is 0. The molecule has 0 saturated heterocycles. The van der Waals surface area contributed by atoms with Crippen molar-refractivity contribution in [1.82, 2.24) is 0 Å². The molecule has 1 aliphatic rings. The van der Waals surface area contributed by atoms with Crippen LogP contribution in [0.15, 0.2) is 49.1 Å². The molecule has 0 spiro atoms. The summed E-state index contributed by atoms with van der Waals surface area (Å²) >= 11 is 0. The molecule has 0 radical (unpaired) electrons. The first-order chi connectivity index (χ1) is 11.7. The Hall–Kier alpha value is -2.40. The number of allylic oxidation sites excluding steroid dienone is 1. The van der Waals surface area contributed by atoms with Gasteiger partial charge in [0.1, 0.15) is 0 Å². The summed E-state index contributed by atoms with van der Waals surface area (Å²) in [6.07, 6.45) is 7.61. The Morgan fingerprint density at radius 2 is 2.00 bits per heavy atom. The van der Waals surface area contributed by atoms with Crippen LogP contribution in [0.4, 0.5) is 8.78 Å². The minimum absolute atomic E-state index is 0.0946. The molecule has 0 fully saturated rings. The van der Waals surface area contributed by atoms with Crippen LogP contribution in [0.25, 0.3) is 0 Å². The zero-order valence-corrected chi connectivity index (χ0v) is 13.6. The molecule has 0 aliphatic heterocycles. The molecular weight excluding hydrogens is 302 g/mol. The van der Waals surface area contributed by atoms with E-state index in [0.717, 1.165) is 36.8 Å². The van der Waals surface area contributed by atoms with Crippen LogP contribution >= 0.6 is 0 Å². The maximum atomic E-state index is 13.6. The van der Waals surface area contributed by atoms with Gasteiger partial charge in [-0.2, -0.15) is 0 Å². The second-order valence-electron chi connectivity index (χ2n) is 6.31. The summed E-state index contributed by atoms with van der Waals surface area (Å²) < 4.78 is 26.8. The first-order valence-corrected chi connectivity index (χ1v) is 8.36. The molecule has 0 heterocycles. The van der Waals surface area contributed by atoms with Crippen LogP contribution in [-0.2, 0) is 12.8 Å². The van der Waals surface area contributed by atoms with E-state index < -0.39 is 11.6 Å². The van der Waals surface area contributed by atoms with Crippen molar-refractivity contribution in [3.05, 3.63) is 82.9 Å². The van der Waals surface area contributed by atoms with E-state index in [1.165, 1.54) is 36.1 Å². The SMILES string of the molecule is C=CCCC1CCc2cc(C#Cc3cccc(F)c3F)ccc2C1. The monoisotopic (exact) mass is 322 g/mol. The van der Waals surface area contributed by atoms with Gasteiger partial charge < -0.3 is 0 Å². The molecule has 1 aliphatic carbocycles. The third kappa shape index (κ3) is 3.74. The smallest absolute Gasteiger partial charge is 0.174 e. The van der Waals surface area contributed by atoms with Crippen LogP contribution < -0.4 is 0 Å². The van der Waals surface area contributed by atoms with E-state index in [9.17, 15) is 8.78 Å². The molecule has 0 aromatic heterocycles. The van der Waals surface area contributed by atoms with Crippen molar-refractivity contribution in [3.63, 3.8) is 0 Å². The van der Waals surface area contributed by atoms with E-state index in [1.54, 1.807) is 0 Å². The standard InChI is InChI=1S/C22H20F2/c1-2-3-5-16-9-12-20-15-17(10-13-19(20)14-16)8-11-18-6-4-7-21(23)22(18)24/h2,4,6-7,10,13,15-16H,1,3,5,9,12,14H2. The Kier molecular flexibility index (Phi) is 5.11. The molecule has 1 atom stereocenters. The second kappa shape index (κ2) is 7.45. The zero-order valence-electron chi connectivity index (χ0n) is 13.6. The number of aryl methyl sites for hydroxylation is 1. The van der Waals surface area contributed by atoms with Gasteiger partial charge in [0.25, 0.3) is 0 Å². The van der Waals surface area contributed by atoms with Crippen molar-refractivity contribution >= 4 is 0 Å². The molecule has 2 aromatic carbocycles. The summed E-state index contributed by atoms with van der Waals surface area (Å²) in [6, 6.07) is 10.2. The average molecular weight is 322 g/mol. The predicted molar refractivity (Wildman–Crippen MR) is 93.7 cm³/mol. The van der Waals surface area contributed by atoms with Gasteiger partial charge in [-0.05, 0) is 73.4 Å². The molecule has 2 aromatic rings. The molecule has 2 heteroatoms. The molecule has 0 bridgehead atoms.